The van der Waals surface area contributed by atoms with Crippen LogP contribution in [0.4, 0.5) is 0 Å². The van der Waals surface area contributed by atoms with Crippen LogP contribution >= 0.6 is 11.6 Å². The van der Waals surface area contributed by atoms with E-state index in [4.69, 9.17) is 56.3 Å². The van der Waals surface area contributed by atoms with Crippen molar-refractivity contribution in [2.75, 3.05) is 33.4 Å². The molecule has 4 aromatic carbocycles. The molecule has 0 aliphatic carbocycles. The van der Waals surface area contributed by atoms with Crippen LogP contribution in [0.2, 0.25) is 0 Å². The van der Waals surface area contributed by atoms with Crippen molar-refractivity contribution < 1.29 is 86.6 Å². The molecule has 89 heavy (non-hydrogen) atoms. The van der Waals surface area contributed by atoms with Gasteiger partial charge in [0.05, 0.1) is 24.8 Å². The van der Waals surface area contributed by atoms with Crippen molar-refractivity contribution in [1.82, 2.24) is 10.6 Å². The summed E-state index contributed by atoms with van der Waals surface area (Å²) in [4.78, 5) is 110. The summed E-state index contributed by atoms with van der Waals surface area (Å²) in [6.07, 6.45) is 7.69. The number of aromatic carboxylic acids is 1. The summed E-state index contributed by atoms with van der Waals surface area (Å²) in [5.41, 5.74) is 4.38. The molecule has 0 aliphatic rings. The summed E-state index contributed by atoms with van der Waals surface area (Å²) in [6, 6.07) is 19.6. The van der Waals surface area contributed by atoms with Crippen LogP contribution in [0.1, 0.15) is 179 Å². The van der Waals surface area contributed by atoms with Gasteiger partial charge in [-0.1, -0.05) is 85.4 Å². The van der Waals surface area contributed by atoms with Gasteiger partial charge in [-0.3, -0.25) is 38.4 Å². The molecule has 0 spiro atoms. The zero-order chi connectivity index (χ0) is 69.3. The molecule has 0 unspecified atom stereocenters. The number of halogens is 1. The number of aliphatic hydroxyl groups is 1. The Morgan fingerprint density at radius 3 is 1.09 bits per heavy atom. The number of methoxy groups -OCH3 is 1. The molecule has 0 atom stereocenters. The van der Waals surface area contributed by atoms with Gasteiger partial charge in [0.25, 0.3) is 11.8 Å². The number of hydrogen-bond acceptors (Lipinski definition) is 19. The maximum absolute atomic E-state index is 12.1. The normalized spacial score (nSPS) is 8.75. The molecule has 0 radical (unpaired) electrons. The van der Waals surface area contributed by atoms with Crippen molar-refractivity contribution in [3.63, 3.8) is 0 Å². The third-order valence-corrected chi connectivity index (χ3v) is 9.59. The SMILES string of the molecule is C.C=CCC.C=CCC.CC.CC(=O)Oc1cc(C)ccc1C(=O)NCCCO.CC(=O)Oc1cc(C)ccc1C(=O)O.CCC(=O)Cl.CCC(=O)OCCCNC(=O)c1ccc(C)cc1OC(C)=O.COC(=O)c1ccc(C)cc1OC(C)=O.N#N.[K][K]. The van der Waals surface area contributed by atoms with E-state index in [1.807, 2.05) is 46.8 Å². The first-order chi connectivity index (χ1) is 41.6. The molecule has 0 heterocycles. The van der Waals surface area contributed by atoms with Crippen LogP contribution < -0.4 is 29.6 Å². The molecule has 22 nitrogen and oxygen atoms in total. The Bertz CT molecular complexity index is 2780. The van der Waals surface area contributed by atoms with Gasteiger partial charge in [0, 0.05) is 71.0 Å². The van der Waals surface area contributed by atoms with Gasteiger partial charge in [-0.15, -0.1) is 13.2 Å². The van der Waals surface area contributed by atoms with E-state index >= 15 is 0 Å². The summed E-state index contributed by atoms with van der Waals surface area (Å²) in [6.45, 7) is 31.9. The number of carbonyl (C=O) groups excluding carboxylic acids is 9. The second-order valence-corrected chi connectivity index (χ2v) is 17.2. The number of ether oxygens (including phenoxy) is 6. The number of nitrogens with one attached hydrogen (secondary N) is 2. The molecule has 0 aromatic heterocycles. The Kier molecular flexibility index (Phi) is 69.4. The van der Waals surface area contributed by atoms with E-state index < -0.39 is 35.8 Å². The molecule has 2 amide bonds. The fourth-order valence-electron chi connectivity index (χ4n) is 5.34. The summed E-state index contributed by atoms with van der Waals surface area (Å²) in [5, 5.41) is 34.5. The number of benzene rings is 4. The van der Waals surface area contributed by atoms with Crippen LogP contribution in [0.25, 0.3) is 0 Å². The molecular weight excluding hydrogens is 1230 g/mol. The minimum absolute atomic E-state index is 0. The number of aryl methyl sites for hydroxylation is 4. The summed E-state index contributed by atoms with van der Waals surface area (Å²) in [5.74, 6) is -3.68. The molecule has 0 saturated carbocycles. The van der Waals surface area contributed by atoms with Gasteiger partial charge in [-0.25, -0.2) is 9.59 Å². The van der Waals surface area contributed by atoms with E-state index in [2.05, 4.69) is 42.4 Å². The van der Waals surface area contributed by atoms with Crippen LogP contribution in [0, 0.1) is 38.5 Å². The number of amides is 2. The van der Waals surface area contributed by atoms with Crippen LogP contribution in [0.3, 0.4) is 0 Å². The molecule has 484 valence electrons. The topological polar surface area (TPSA) is 338 Å². The third kappa shape index (κ3) is 53.7. The van der Waals surface area contributed by atoms with Gasteiger partial charge in [0.1, 0.15) is 34.1 Å². The molecule has 4 rings (SSSR count). The number of carbonyl (C=O) groups is 10. The maximum atomic E-state index is 12.1. The number of rotatable bonds is 19. The van der Waals surface area contributed by atoms with E-state index in [0.717, 1.165) is 35.1 Å². The van der Waals surface area contributed by atoms with Gasteiger partial charge in [0.2, 0.25) is 5.24 Å². The first-order valence-corrected chi connectivity index (χ1v) is 44.4. The summed E-state index contributed by atoms with van der Waals surface area (Å²) >= 11 is 7.32. The zero-order valence-electron chi connectivity index (χ0n) is 54.3. The van der Waals surface area contributed by atoms with Crippen molar-refractivity contribution in [1.29, 1.82) is 10.8 Å². The predicted molar refractivity (Wildman–Crippen MR) is 346 cm³/mol. The molecular formula is C64H91ClK2N4O18. The van der Waals surface area contributed by atoms with Crippen molar-refractivity contribution in [2.45, 2.75) is 143 Å². The van der Waals surface area contributed by atoms with Crippen molar-refractivity contribution in [3.8, 4) is 23.0 Å². The Labute approximate surface area is 576 Å². The number of carboxylic acids is 1. The minimum atomic E-state index is -1.11. The Balaban J connectivity index is -0.000000184. The first-order valence-electron chi connectivity index (χ1n) is 28.0. The molecule has 0 fully saturated rings. The van der Waals surface area contributed by atoms with Gasteiger partial charge in [0.15, 0.2) is 0 Å². The molecule has 4 aromatic rings. The van der Waals surface area contributed by atoms with Crippen LogP contribution in [0.5, 0.6) is 23.0 Å². The van der Waals surface area contributed by atoms with E-state index in [1.54, 1.807) is 81.4 Å². The summed E-state index contributed by atoms with van der Waals surface area (Å²) in [7, 11) is 1.28. The molecule has 4 N–H and O–H groups in total. The average Bonchev–Trinajstić information content (AvgIpc) is 3.44. The number of aliphatic hydroxyl groups excluding tert-OH is 1. The van der Waals surface area contributed by atoms with Gasteiger partial charge >= 0.3 is 105 Å². The van der Waals surface area contributed by atoms with Crippen molar-refractivity contribution in [2.24, 2.45) is 0 Å². The van der Waals surface area contributed by atoms with Crippen molar-refractivity contribution in [3.05, 3.63) is 143 Å². The quantitative estimate of drug-likeness (QED) is 0.0129. The molecule has 0 bridgehead atoms. The fourth-order valence-corrected chi connectivity index (χ4v) is 5.34. The molecule has 0 saturated heterocycles. The molecule has 0 aliphatic heterocycles. The Hall–Kier alpha value is -5.80. The Morgan fingerprint density at radius 2 is 0.831 bits per heavy atom. The third-order valence-electron chi connectivity index (χ3n) is 9.32. The number of hydrogen-bond donors (Lipinski definition) is 4. The number of allylic oxidation sites excluding steroid dienone is 2. The Morgan fingerprint density at radius 1 is 0.551 bits per heavy atom. The van der Waals surface area contributed by atoms with Crippen LogP contribution in [0.15, 0.2) is 98.1 Å². The van der Waals surface area contributed by atoms with Crippen LogP contribution in [-0.4, -0.2) is 166 Å². The second kappa shape index (κ2) is 63.8. The number of carboxylic acid groups (broad SMARTS) is 1. The van der Waals surface area contributed by atoms with Gasteiger partial charge in [-0.2, -0.15) is 0 Å². The zero-order valence-corrected chi connectivity index (χ0v) is 61.3. The van der Waals surface area contributed by atoms with E-state index in [1.165, 1.54) is 110 Å². The monoisotopic (exact) mass is 1320 g/mol. The van der Waals surface area contributed by atoms with E-state index in [-0.39, 0.29) is 77.8 Å². The fraction of sp³-hybridized carbons (Fsp3) is 0.406. The summed E-state index contributed by atoms with van der Waals surface area (Å²) < 4.78 is 29.2. The second-order valence-electron chi connectivity index (χ2n) is 16.8. The average molecular weight is 1320 g/mol. The number of nitrogens with zero attached hydrogens (tertiary/aromatic N) is 2. The van der Waals surface area contributed by atoms with Gasteiger partial charge < -0.3 is 49.3 Å². The predicted octanol–water partition coefficient (Wildman–Crippen LogP) is 11.6. The first kappa shape index (κ1) is 96.8. The van der Waals surface area contributed by atoms with E-state index in [0.29, 0.717) is 49.9 Å². The van der Waals surface area contributed by atoms with E-state index in [9.17, 15) is 47.9 Å². The van der Waals surface area contributed by atoms with Gasteiger partial charge in [-0.05, 0) is 136 Å². The molecule has 25 heteroatoms. The standard InChI is InChI=1S/C16H21NO5.C13H17NO4.C11H12O4.C10H10O4.2C4H8.C3H5ClO.C2H6.CH4.2K.N2/c1-4-15(19)21-9-5-8-17-16(20)13-7-6-11(2)10-14(13)22-12(3)18;1-9-4-5-11(12(8-9)18-10(2)16)13(17)14-6-3-7-15;1-7-4-5-9(11(13)14-3)10(6-7)15-8(2)12;1-6-3-4-8(10(12)13)9(5-6)14-7(2)11;2*1-3-4-2;1-2-3(4)5;1-2;;;;1-2/h6-7,10H,4-5,8-9H2,1-3H3,(H,17,20);4-5,8,15H,3,6-7H2,1-2H3,(H,14,17);4-6H,1-3H3;3-5H,1-2H3,(H,12,13);2*3H,1,4H2,2H3;2H2,1H3;1-2H3;1H4;;;. The van der Waals surface area contributed by atoms with Crippen molar-refractivity contribution >= 4 is 134 Å². The number of esters is 6. The van der Waals surface area contributed by atoms with Crippen LogP contribution in [-0.2, 0) is 38.2 Å².